The summed E-state index contributed by atoms with van der Waals surface area (Å²) in [6.07, 6.45) is 11.5. The lowest BCUT2D eigenvalue weighted by Gasteiger charge is -2.29. The standard InChI is InChI=1S/C12H21N/c1-4-5-11-6-8-12(9-7-11)13-10(2)3/h1,10-13H,5-9H2,2-3H3. The van der Waals surface area contributed by atoms with Crippen LogP contribution in [0.1, 0.15) is 46.0 Å². The molecule has 1 nitrogen and oxygen atoms in total. The van der Waals surface area contributed by atoms with Crippen molar-refractivity contribution in [3.63, 3.8) is 0 Å². The highest BCUT2D eigenvalue weighted by atomic mass is 14.9. The zero-order valence-electron chi connectivity index (χ0n) is 8.84. The smallest absolute Gasteiger partial charge is 0.0114 e. The molecule has 1 N–H and O–H groups in total. The van der Waals surface area contributed by atoms with Crippen molar-refractivity contribution in [2.75, 3.05) is 0 Å². The zero-order chi connectivity index (χ0) is 9.68. The SMILES string of the molecule is C#CCC1CCC(NC(C)C)CC1. The largest absolute Gasteiger partial charge is 0.312 e. The van der Waals surface area contributed by atoms with Gasteiger partial charge in [0.1, 0.15) is 0 Å². The predicted molar refractivity (Wildman–Crippen MR) is 57.5 cm³/mol. The average Bonchev–Trinajstić information content (AvgIpc) is 2.08. The minimum atomic E-state index is 0.620. The van der Waals surface area contributed by atoms with Gasteiger partial charge in [0, 0.05) is 18.5 Å². The van der Waals surface area contributed by atoms with Crippen LogP contribution in [-0.4, -0.2) is 12.1 Å². The van der Waals surface area contributed by atoms with Crippen molar-refractivity contribution in [1.82, 2.24) is 5.32 Å². The topological polar surface area (TPSA) is 12.0 Å². The molecule has 1 heteroatoms. The molecule has 0 aromatic heterocycles. The quantitative estimate of drug-likeness (QED) is 0.657. The summed E-state index contributed by atoms with van der Waals surface area (Å²) in [5.74, 6) is 3.57. The minimum Gasteiger partial charge on any atom is -0.312 e. The minimum absolute atomic E-state index is 0.620. The second-order valence-electron chi connectivity index (χ2n) is 4.45. The third-order valence-corrected chi connectivity index (χ3v) is 2.82. The molecular formula is C12H21N. The summed E-state index contributed by atoms with van der Waals surface area (Å²) < 4.78 is 0. The lowest BCUT2D eigenvalue weighted by molar-refractivity contribution is 0.284. The maximum absolute atomic E-state index is 5.31. The molecule has 1 saturated carbocycles. The Bertz CT molecular complexity index is 170. The molecule has 0 aromatic carbocycles. The van der Waals surface area contributed by atoms with Gasteiger partial charge in [-0.2, -0.15) is 0 Å². The number of hydrogen-bond acceptors (Lipinski definition) is 1. The van der Waals surface area contributed by atoms with E-state index in [0.717, 1.165) is 18.4 Å². The van der Waals surface area contributed by atoms with Crippen molar-refractivity contribution >= 4 is 0 Å². The second-order valence-corrected chi connectivity index (χ2v) is 4.45. The van der Waals surface area contributed by atoms with Crippen molar-refractivity contribution in [1.29, 1.82) is 0 Å². The van der Waals surface area contributed by atoms with Crippen molar-refractivity contribution in [2.24, 2.45) is 5.92 Å². The fourth-order valence-corrected chi connectivity index (χ4v) is 2.17. The van der Waals surface area contributed by atoms with Crippen LogP contribution in [0.4, 0.5) is 0 Å². The van der Waals surface area contributed by atoms with Gasteiger partial charge < -0.3 is 5.32 Å². The van der Waals surface area contributed by atoms with E-state index in [0.29, 0.717) is 6.04 Å². The van der Waals surface area contributed by atoms with E-state index in [-0.39, 0.29) is 0 Å². The molecule has 1 fully saturated rings. The van der Waals surface area contributed by atoms with Crippen LogP contribution in [0.3, 0.4) is 0 Å². The molecule has 0 amide bonds. The molecule has 0 aromatic rings. The molecule has 1 aliphatic rings. The molecule has 13 heavy (non-hydrogen) atoms. The Morgan fingerprint density at radius 1 is 1.31 bits per heavy atom. The lowest BCUT2D eigenvalue weighted by atomic mass is 9.84. The molecule has 74 valence electrons. The van der Waals surface area contributed by atoms with Gasteiger partial charge in [-0.3, -0.25) is 0 Å². The Morgan fingerprint density at radius 2 is 1.92 bits per heavy atom. The normalized spacial score (nSPS) is 28.8. The summed E-state index contributed by atoms with van der Waals surface area (Å²) >= 11 is 0. The van der Waals surface area contributed by atoms with Crippen LogP contribution in [0, 0.1) is 18.3 Å². The van der Waals surface area contributed by atoms with Gasteiger partial charge in [0.15, 0.2) is 0 Å². The Kier molecular flexibility index (Phi) is 4.32. The van der Waals surface area contributed by atoms with Crippen molar-refractivity contribution in [3.8, 4) is 12.3 Å². The van der Waals surface area contributed by atoms with Gasteiger partial charge in [-0.25, -0.2) is 0 Å². The molecular weight excluding hydrogens is 158 g/mol. The highest BCUT2D eigenvalue weighted by Crippen LogP contribution is 2.26. The highest BCUT2D eigenvalue weighted by Gasteiger charge is 2.20. The van der Waals surface area contributed by atoms with Crippen LogP contribution in [-0.2, 0) is 0 Å². The molecule has 1 aliphatic carbocycles. The first-order valence-corrected chi connectivity index (χ1v) is 5.42. The summed E-state index contributed by atoms with van der Waals surface area (Å²) in [6, 6.07) is 1.36. The fraction of sp³-hybridized carbons (Fsp3) is 0.833. The van der Waals surface area contributed by atoms with Crippen molar-refractivity contribution in [2.45, 2.75) is 58.0 Å². The maximum atomic E-state index is 5.31. The zero-order valence-corrected chi connectivity index (χ0v) is 8.84. The van der Waals surface area contributed by atoms with Gasteiger partial charge in [-0.05, 0) is 31.6 Å². The third-order valence-electron chi connectivity index (χ3n) is 2.82. The van der Waals surface area contributed by atoms with E-state index in [2.05, 4.69) is 25.1 Å². The van der Waals surface area contributed by atoms with E-state index in [1.54, 1.807) is 0 Å². The Labute approximate surface area is 82.3 Å². The van der Waals surface area contributed by atoms with Crippen LogP contribution in [0.15, 0.2) is 0 Å². The predicted octanol–water partition coefficient (Wildman–Crippen LogP) is 2.57. The van der Waals surface area contributed by atoms with Crippen LogP contribution in [0.25, 0.3) is 0 Å². The van der Waals surface area contributed by atoms with E-state index >= 15 is 0 Å². The van der Waals surface area contributed by atoms with Gasteiger partial charge in [0.05, 0.1) is 0 Å². The number of terminal acetylenes is 1. The summed E-state index contributed by atoms with van der Waals surface area (Å²) in [5, 5.41) is 3.59. The first-order chi connectivity index (χ1) is 6.22. The lowest BCUT2D eigenvalue weighted by Crippen LogP contribution is -2.37. The van der Waals surface area contributed by atoms with Gasteiger partial charge in [-0.15, -0.1) is 12.3 Å². The Hall–Kier alpha value is -0.480. The van der Waals surface area contributed by atoms with Gasteiger partial charge >= 0.3 is 0 Å². The molecule has 0 radical (unpaired) electrons. The van der Waals surface area contributed by atoms with Crippen molar-refractivity contribution < 1.29 is 0 Å². The Morgan fingerprint density at radius 3 is 2.38 bits per heavy atom. The number of nitrogens with one attached hydrogen (secondary N) is 1. The molecule has 0 atom stereocenters. The first-order valence-electron chi connectivity index (χ1n) is 5.42. The molecule has 0 spiro atoms. The van der Waals surface area contributed by atoms with E-state index in [1.807, 2.05) is 0 Å². The second kappa shape index (κ2) is 5.29. The summed E-state index contributed by atoms with van der Waals surface area (Å²) in [5.41, 5.74) is 0. The van der Waals surface area contributed by atoms with Crippen LogP contribution >= 0.6 is 0 Å². The van der Waals surface area contributed by atoms with E-state index < -0.39 is 0 Å². The molecule has 0 bridgehead atoms. The van der Waals surface area contributed by atoms with Gasteiger partial charge in [0.2, 0.25) is 0 Å². The average molecular weight is 179 g/mol. The first kappa shape index (κ1) is 10.6. The van der Waals surface area contributed by atoms with E-state index in [4.69, 9.17) is 6.42 Å². The van der Waals surface area contributed by atoms with Crippen molar-refractivity contribution in [3.05, 3.63) is 0 Å². The third kappa shape index (κ3) is 3.83. The van der Waals surface area contributed by atoms with E-state index in [9.17, 15) is 0 Å². The summed E-state index contributed by atoms with van der Waals surface area (Å²) in [4.78, 5) is 0. The van der Waals surface area contributed by atoms with Gasteiger partial charge in [-0.1, -0.05) is 13.8 Å². The summed E-state index contributed by atoms with van der Waals surface area (Å²) in [7, 11) is 0. The summed E-state index contributed by atoms with van der Waals surface area (Å²) in [6.45, 7) is 4.43. The van der Waals surface area contributed by atoms with Gasteiger partial charge in [0.25, 0.3) is 0 Å². The molecule has 0 heterocycles. The monoisotopic (exact) mass is 179 g/mol. The molecule has 0 saturated heterocycles. The number of rotatable bonds is 3. The fourth-order valence-electron chi connectivity index (χ4n) is 2.17. The number of hydrogen-bond donors (Lipinski definition) is 1. The Balaban J connectivity index is 2.19. The maximum Gasteiger partial charge on any atom is 0.0114 e. The molecule has 1 rings (SSSR count). The van der Waals surface area contributed by atoms with Crippen LogP contribution in [0.2, 0.25) is 0 Å². The van der Waals surface area contributed by atoms with E-state index in [1.165, 1.54) is 25.7 Å². The molecule has 0 aliphatic heterocycles. The van der Waals surface area contributed by atoms with Crippen LogP contribution < -0.4 is 5.32 Å². The molecule has 0 unspecified atom stereocenters. The highest BCUT2D eigenvalue weighted by molar-refractivity contribution is 4.89. The van der Waals surface area contributed by atoms with Crippen LogP contribution in [0.5, 0.6) is 0 Å².